The number of piperazine rings is 1. The van der Waals surface area contributed by atoms with Crippen molar-refractivity contribution in [2.75, 3.05) is 50.7 Å². The highest BCUT2D eigenvalue weighted by atomic mass is 16.2. The third-order valence-electron chi connectivity index (χ3n) is 6.04. The lowest BCUT2D eigenvalue weighted by Gasteiger charge is -2.36. The Balaban J connectivity index is 1.29. The van der Waals surface area contributed by atoms with Gasteiger partial charge in [0.1, 0.15) is 0 Å². The topological polar surface area (TPSA) is 73.0 Å². The summed E-state index contributed by atoms with van der Waals surface area (Å²) >= 11 is 0. The first-order valence-electron chi connectivity index (χ1n) is 9.61. The van der Waals surface area contributed by atoms with Crippen molar-refractivity contribution >= 4 is 23.4 Å². The molecule has 1 spiro atoms. The number of carbonyl (C=O) groups is 3. The molecule has 4 rings (SSSR count). The maximum Gasteiger partial charge on any atom is 0.236 e. The van der Waals surface area contributed by atoms with Gasteiger partial charge in [-0.3, -0.25) is 24.6 Å². The van der Waals surface area contributed by atoms with Crippen LogP contribution in [0.15, 0.2) is 24.3 Å². The molecule has 3 aliphatic rings. The monoisotopic (exact) mass is 370 g/mol. The molecular weight excluding hydrogens is 344 g/mol. The van der Waals surface area contributed by atoms with Gasteiger partial charge in [0, 0.05) is 51.4 Å². The number of aryl methyl sites for hydroxylation is 1. The number of anilines is 1. The van der Waals surface area contributed by atoms with Gasteiger partial charge in [-0.2, -0.15) is 0 Å². The molecule has 7 heteroatoms. The van der Waals surface area contributed by atoms with Crippen LogP contribution < -0.4 is 10.2 Å². The lowest BCUT2D eigenvalue weighted by Crippen LogP contribution is -2.50. The predicted molar refractivity (Wildman–Crippen MR) is 101 cm³/mol. The minimum atomic E-state index is -0.684. The summed E-state index contributed by atoms with van der Waals surface area (Å²) in [4.78, 5) is 42.6. The third kappa shape index (κ3) is 3.56. The van der Waals surface area contributed by atoms with Crippen molar-refractivity contribution in [1.29, 1.82) is 0 Å². The number of benzene rings is 1. The molecule has 1 aromatic rings. The highest BCUT2D eigenvalue weighted by molar-refractivity contribution is 6.06. The number of imide groups is 1. The van der Waals surface area contributed by atoms with Crippen LogP contribution in [-0.2, 0) is 14.4 Å². The van der Waals surface area contributed by atoms with E-state index in [4.69, 9.17) is 0 Å². The van der Waals surface area contributed by atoms with E-state index in [9.17, 15) is 14.4 Å². The Bertz CT molecular complexity index is 772. The molecule has 1 N–H and O–H groups in total. The van der Waals surface area contributed by atoms with Gasteiger partial charge in [0.25, 0.3) is 0 Å². The number of nitrogens with zero attached hydrogens (tertiary/aromatic N) is 3. The van der Waals surface area contributed by atoms with E-state index < -0.39 is 5.41 Å². The van der Waals surface area contributed by atoms with Crippen molar-refractivity contribution in [1.82, 2.24) is 15.1 Å². The highest BCUT2D eigenvalue weighted by Gasteiger charge is 2.51. The van der Waals surface area contributed by atoms with E-state index in [1.54, 1.807) is 4.90 Å². The second-order valence-corrected chi connectivity index (χ2v) is 8.00. The smallest absolute Gasteiger partial charge is 0.236 e. The molecule has 1 unspecified atom stereocenters. The normalized spacial score (nSPS) is 26.1. The standard InChI is InChI=1S/C20H26N4O3/c1-15-3-2-4-16(11-15)23-9-7-22(8-10-23)13-18(26)24-6-5-20(14-24)12-17(25)21-19(20)27/h2-4,11H,5-10,12-14H2,1H3,(H,21,25,27). The van der Waals surface area contributed by atoms with E-state index in [1.165, 1.54) is 11.3 Å². The quantitative estimate of drug-likeness (QED) is 0.779. The first kappa shape index (κ1) is 18.0. The van der Waals surface area contributed by atoms with Gasteiger partial charge in [-0.15, -0.1) is 0 Å². The van der Waals surface area contributed by atoms with Gasteiger partial charge in [-0.1, -0.05) is 12.1 Å². The van der Waals surface area contributed by atoms with Gasteiger partial charge < -0.3 is 9.80 Å². The van der Waals surface area contributed by atoms with Gasteiger partial charge >= 0.3 is 0 Å². The zero-order chi connectivity index (χ0) is 19.0. The van der Waals surface area contributed by atoms with E-state index in [2.05, 4.69) is 46.3 Å². The molecule has 3 heterocycles. The lowest BCUT2D eigenvalue weighted by molar-refractivity contribution is -0.132. The van der Waals surface area contributed by atoms with Crippen LogP contribution in [0.25, 0.3) is 0 Å². The second kappa shape index (κ2) is 6.96. The van der Waals surface area contributed by atoms with Gasteiger partial charge in [0.2, 0.25) is 17.7 Å². The minimum absolute atomic E-state index is 0.0584. The average Bonchev–Trinajstić information content (AvgIpc) is 3.19. The summed E-state index contributed by atoms with van der Waals surface area (Å²) in [6.45, 7) is 6.90. The number of hydrogen-bond donors (Lipinski definition) is 1. The van der Waals surface area contributed by atoms with Gasteiger partial charge in [-0.25, -0.2) is 0 Å². The maximum absolute atomic E-state index is 12.7. The van der Waals surface area contributed by atoms with Crippen LogP contribution in [0.2, 0.25) is 0 Å². The molecule has 1 atom stereocenters. The Morgan fingerprint density at radius 3 is 2.59 bits per heavy atom. The van der Waals surface area contributed by atoms with Crippen LogP contribution in [0.1, 0.15) is 18.4 Å². The number of likely N-dealkylation sites (tertiary alicyclic amines) is 1. The van der Waals surface area contributed by atoms with Crippen LogP contribution >= 0.6 is 0 Å². The van der Waals surface area contributed by atoms with E-state index in [0.29, 0.717) is 26.1 Å². The number of hydrogen-bond acceptors (Lipinski definition) is 5. The lowest BCUT2D eigenvalue weighted by atomic mass is 9.85. The van der Waals surface area contributed by atoms with E-state index in [0.717, 1.165) is 26.2 Å². The van der Waals surface area contributed by atoms with Crippen LogP contribution in [-0.4, -0.2) is 73.3 Å². The molecule has 1 aromatic carbocycles. The fraction of sp³-hybridized carbons (Fsp3) is 0.550. The Kier molecular flexibility index (Phi) is 4.63. The van der Waals surface area contributed by atoms with Gasteiger partial charge in [-0.05, 0) is 31.0 Å². The molecule has 3 saturated heterocycles. The van der Waals surface area contributed by atoms with E-state index >= 15 is 0 Å². The summed E-state index contributed by atoms with van der Waals surface area (Å²) in [6.07, 6.45) is 0.794. The first-order chi connectivity index (χ1) is 12.9. The summed E-state index contributed by atoms with van der Waals surface area (Å²) in [5.74, 6) is -0.376. The molecule has 144 valence electrons. The number of nitrogens with one attached hydrogen (secondary N) is 1. The summed E-state index contributed by atoms with van der Waals surface area (Å²) in [7, 11) is 0. The maximum atomic E-state index is 12.7. The van der Waals surface area contributed by atoms with Crippen molar-refractivity contribution in [3.05, 3.63) is 29.8 Å². The number of amides is 3. The average molecular weight is 370 g/mol. The van der Waals surface area contributed by atoms with Gasteiger partial charge in [0.15, 0.2) is 0 Å². The first-order valence-corrected chi connectivity index (χ1v) is 9.61. The SMILES string of the molecule is Cc1cccc(N2CCN(CC(=O)N3CCC4(CC(=O)NC4=O)C3)CC2)c1. The Morgan fingerprint density at radius 2 is 1.93 bits per heavy atom. The molecule has 0 radical (unpaired) electrons. The summed E-state index contributed by atoms with van der Waals surface area (Å²) in [6, 6.07) is 8.50. The largest absolute Gasteiger partial charge is 0.369 e. The Hall–Kier alpha value is -2.41. The predicted octanol–water partition coefficient (Wildman–Crippen LogP) is 0.382. The molecular formula is C20H26N4O3. The Morgan fingerprint density at radius 1 is 1.15 bits per heavy atom. The summed E-state index contributed by atoms with van der Waals surface area (Å²) < 4.78 is 0. The van der Waals surface area contributed by atoms with E-state index in [-0.39, 0.29) is 24.1 Å². The highest BCUT2D eigenvalue weighted by Crippen LogP contribution is 2.37. The van der Waals surface area contributed by atoms with Crippen LogP contribution in [0, 0.1) is 12.3 Å². The molecule has 7 nitrogen and oxygen atoms in total. The number of carbonyl (C=O) groups excluding carboxylic acids is 3. The fourth-order valence-electron chi connectivity index (χ4n) is 4.39. The van der Waals surface area contributed by atoms with Crippen molar-refractivity contribution in [3.8, 4) is 0 Å². The van der Waals surface area contributed by atoms with Crippen molar-refractivity contribution in [2.24, 2.45) is 5.41 Å². The second-order valence-electron chi connectivity index (χ2n) is 8.00. The molecule has 0 aliphatic carbocycles. The molecule has 27 heavy (non-hydrogen) atoms. The summed E-state index contributed by atoms with van der Waals surface area (Å²) in [5.41, 5.74) is 1.80. The van der Waals surface area contributed by atoms with Crippen LogP contribution in [0.4, 0.5) is 5.69 Å². The molecule has 0 saturated carbocycles. The van der Waals surface area contributed by atoms with E-state index in [1.807, 2.05) is 0 Å². The fourth-order valence-corrected chi connectivity index (χ4v) is 4.39. The molecule has 3 aliphatic heterocycles. The van der Waals surface area contributed by atoms with Crippen molar-refractivity contribution < 1.29 is 14.4 Å². The molecule has 0 bridgehead atoms. The molecule has 3 fully saturated rings. The third-order valence-corrected chi connectivity index (χ3v) is 6.04. The van der Waals surface area contributed by atoms with Crippen LogP contribution in [0.3, 0.4) is 0 Å². The summed E-state index contributed by atoms with van der Waals surface area (Å²) in [5, 5.41) is 2.38. The molecule has 0 aromatic heterocycles. The van der Waals surface area contributed by atoms with Crippen molar-refractivity contribution in [3.63, 3.8) is 0 Å². The van der Waals surface area contributed by atoms with Gasteiger partial charge in [0.05, 0.1) is 12.0 Å². The van der Waals surface area contributed by atoms with Crippen LogP contribution in [0.5, 0.6) is 0 Å². The minimum Gasteiger partial charge on any atom is -0.369 e. The Labute approximate surface area is 159 Å². The van der Waals surface area contributed by atoms with Crippen molar-refractivity contribution in [2.45, 2.75) is 19.8 Å². The molecule has 3 amide bonds. The number of rotatable bonds is 3. The zero-order valence-electron chi connectivity index (χ0n) is 15.7. The zero-order valence-corrected chi connectivity index (χ0v) is 15.7.